The van der Waals surface area contributed by atoms with Gasteiger partial charge in [-0.1, -0.05) is 17.3 Å². The van der Waals surface area contributed by atoms with Crippen molar-refractivity contribution in [2.45, 2.75) is 39.8 Å². The molecule has 9 heteroatoms. The summed E-state index contributed by atoms with van der Waals surface area (Å²) in [6.45, 7) is 6.98. The van der Waals surface area contributed by atoms with Gasteiger partial charge >= 0.3 is 0 Å². The lowest BCUT2D eigenvalue weighted by atomic mass is 9.91. The fourth-order valence-corrected chi connectivity index (χ4v) is 3.84. The Bertz CT molecular complexity index is 1210. The van der Waals surface area contributed by atoms with Gasteiger partial charge < -0.3 is 19.9 Å². The maximum atomic E-state index is 11.9. The summed E-state index contributed by atoms with van der Waals surface area (Å²) in [5.41, 5.74) is 10.6. The van der Waals surface area contributed by atoms with Crippen molar-refractivity contribution in [3.8, 4) is 34.8 Å². The van der Waals surface area contributed by atoms with Crippen molar-refractivity contribution >= 4 is 5.91 Å². The molecule has 4 rings (SSSR count). The van der Waals surface area contributed by atoms with Crippen molar-refractivity contribution in [1.29, 1.82) is 5.26 Å². The molecule has 0 unspecified atom stereocenters. The van der Waals surface area contributed by atoms with E-state index in [2.05, 4.69) is 21.2 Å². The molecule has 0 fully saturated rings. The van der Waals surface area contributed by atoms with Crippen molar-refractivity contribution in [3.05, 3.63) is 46.6 Å². The van der Waals surface area contributed by atoms with E-state index in [1.807, 2.05) is 32.9 Å². The molecule has 0 saturated heterocycles. The molecule has 0 bridgehead atoms. The van der Waals surface area contributed by atoms with Gasteiger partial charge in [0.15, 0.2) is 0 Å². The SMILES string of the molecule is Cc1c(-c2noc(-c3cnc(OC(C)C)c(C#N)c3)n2)ccc2c1CCN(C(=O)CN)C2. The minimum Gasteiger partial charge on any atom is -0.474 e. The van der Waals surface area contributed by atoms with Crippen LogP contribution in [0.1, 0.15) is 36.1 Å². The lowest BCUT2D eigenvalue weighted by Crippen LogP contribution is -2.39. The van der Waals surface area contributed by atoms with Crippen molar-refractivity contribution in [1.82, 2.24) is 20.0 Å². The van der Waals surface area contributed by atoms with Crippen LogP contribution in [0.5, 0.6) is 5.88 Å². The largest absolute Gasteiger partial charge is 0.474 e. The molecule has 1 aromatic carbocycles. The Morgan fingerprint density at radius 1 is 1.41 bits per heavy atom. The fourth-order valence-electron chi connectivity index (χ4n) is 3.84. The second-order valence-corrected chi connectivity index (χ2v) is 7.92. The summed E-state index contributed by atoms with van der Waals surface area (Å²) in [5, 5.41) is 13.6. The molecule has 1 amide bonds. The van der Waals surface area contributed by atoms with Crippen LogP contribution in [0.4, 0.5) is 0 Å². The van der Waals surface area contributed by atoms with Crippen LogP contribution < -0.4 is 10.5 Å². The van der Waals surface area contributed by atoms with Crippen LogP contribution in [0.3, 0.4) is 0 Å². The number of nitriles is 1. The second-order valence-electron chi connectivity index (χ2n) is 7.92. The summed E-state index contributed by atoms with van der Waals surface area (Å²) in [6.07, 6.45) is 2.21. The average molecular weight is 432 g/mol. The summed E-state index contributed by atoms with van der Waals surface area (Å²) in [6, 6.07) is 7.66. The molecule has 1 aliphatic rings. The lowest BCUT2D eigenvalue weighted by molar-refractivity contribution is -0.130. The molecule has 1 aliphatic heterocycles. The van der Waals surface area contributed by atoms with E-state index >= 15 is 0 Å². The van der Waals surface area contributed by atoms with Gasteiger partial charge in [0.2, 0.25) is 17.6 Å². The highest BCUT2D eigenvalue weighted by atomic mass is 16.5. The van der Waals surface area contributed by atoms with E-state index in [4.69, 9.17) is 15.0 Å². The number of pyridine rings is 1. The zero-order valence-corrected chi connectivity index (χ0v) is 18.3. The first-order valence-electron chi connectivity index (χ1n) is 10.4. The Morgan fingerprint density at radius 3 is 2.94 bits per heavy atom. The maximum Gasteiger partial charge on any atom is 0.259 e. The number of ether oxygens (including phenoxy) is 1. The average Bonchev–Trinajstić information content (AvgIpc) is 3.28. The molecule has 0 atom stereocenters. The predicted molar refractivity (Wildman–Crippen MR) is 116 cm³/mol. The first kappa shape index (κ1) is 21.5. The number of benzene rings is 1. The number of rotatable bonds is 5. The summed E-state index contributed by atoms with van der Waals surface area (Å²) in [7, 11) is 0. The third-order valence-electron chi connectivity index (χ3n) is 5.45. The van der Waals surface area contributed by atoms with Crippen molar-refractivity contribution in [3.63, 3.8) is 0 Å². The van der Waals surface area contributed by atoms with Gasteiger partial charge in [-0.15, -0.1) is 0 Å². The van der Waals surface area contributed by atoms with Gasteiger partial charge in [-0.05, 0) is 49.9 Å². The summed E-state index contributed by atoms with van der Waals surface area (Å²) in [4.78, 5) is 22.5. The number of fused-ring (bicyclic) bond motifs is 1. The maximum absolute atomic E-state index is 11.9. The van der Waals surface area contributed by atoms with E-state index in [0.717, 1.165) is 23.1 Å². The van der Waals surface area contributed by atoms with Crippen LogP contribution >= 0.6 is 0 Å². The van der Waals surface area contributed by atoms with Gasteiger partial charge in [-0.2, -0.15) is 10.2 Å². The van der Waals surface area contributed by atoms with E-state index < -0.39 is 0 Å². The Labute approximate surface area is 185 Å². The molecule has 164 valence electrons. The van der Waals surface area contributed by atoms with E-state index in [1.54, 1.807) is 17.2 Å². The molecule has 2 N–H and O–H groups in total. The fraction of sp³-hybridized carbons (Fsp3) is 0.348. The number of nitrogens with two attached hydrogens (primary N) is 1. The van der Waals surface area contributed by atoms with Gasteiger partial charge in [0, 0.05) is 24.8 Å². The first-order valence-corrected chi connectivity index (χ1v) is 10.4. The van der Waals surface area contributed by atoms with Crippen molar-refractivity contribution in [2.75, 3.05) is 13.1 Å². The smallest absolute Gasteiger partial charge is 0.259 e. The van der Waals surface area contributed by atoms with Crippen LogP contribution in [0.15, 0.2) is 28.9 Å². The standard InChI is InChI=1S/C23H24N6O3/c1-13(2)31-22-16(9-24)8-17(11-26-22)23-27-21(28-32-23)19-5-4-15-12-29(20(30)10-25)7-6-18(15)14(19)3/h4-5,8,11,13H,6-7,10,12,25H2,1-3H3. The highest BCUT2D eigenvalue weighted by Gasteiger charge is 2.23. The first-order chi connectivity index (χ1) is 15.4. The van der Waals surface area contributed by atoms with E-state index in [9.17, 15) is 10.1 Å². The molecule has 0 saturated carbocycles. The third kappa shape index (κ3) is 4.05. The number of hydrogen-bond donors (Lipinski definition) is 1. The molecule has 3 aromatic rings. The van der Waals surface area contributed by atoms with Gasteiger partial charge in [-0.25, -0.2) is 4.98 Å². The molecule has 0 spiro atoms. The molecule has 3 heterocycles. The van der Waals surface area contributed by atoms with Crippen LogP contribution in [0.25, 0.3) is 22.8 Å². The monoisotopic (exact) mass is 432 g/mol. The van der Waals surface area contributed by atoms with Gasteiger partial charge in [0.05, 0.1) is 18.2 Å². The topological polar surface area (TPSA) is 131 Å². The zero-order chi connectivity index (χ0) is 22.8. The molecule has 32 heavy (non-hydrogen) atoms. The molecular formula is C23H24N6O3. The zero-order valence-electron chi connectivity index (χ0n) is 18.3. The lowest BCUT2D eigenvalue weighted by Gasteiger charge is -2.30. The summed E-state index contributed by atoms with van der Waals surface area (Å²) < 4.78 is 11.0. The van der Waals surface area contributed by atoms with Crippen LogP contribution in [0, 0.1) is 18.3 Å². The van der Waals surface area contributed by atoms with Crippen LogP contribution in [-0.4, -0.2) is 45.1 Å². The number of carbonyl (C=O) groups is 1. The van der Waals surface area contributed by atoms with Crippen LogP contribution in [-0.2, 0) is 17.8 Å². The minimum atomic E-state index is -0.0945. The number of nitrogens with zero attached hydrogens (tertiary/aromatic N) is 5. The Hall–Kier alpha value is -3.77. The van der Waals surface area contributed by atoms with Crippen molar-refractivity contribution < 1.29 is 14.1 Å². The normalized spacial score (nSPS) is 13.1. The van der Waals surface area contributed by atoms with E-state index in [-0.39, 0.29) is 30.3 Å². The molecule has 9 nitrogen and oxygen atoms in total. The number of carbonyl (C=O) groups excluding carboxylic acids is 1. The quantitative estimate of drug-likeness (QED) is 0.651. The Balaban J connectivity index is 1.62. The number of hydrogen-bond acceptors (Lipinski definition) is 8. The highest BCUT2D eigenvalue weighted by molar-refractivity contribution is 5.78. The van der Waals surface area contributed by atoms with Gasteiger partial charge in [0.25, 0.3) is 5.89 Å². The third-order valence-corrected chi connectivity index (χ3v) is 5.45. The summed E-state index contributed by atoms with van der Waals surface area (Å²) in [5.74, 6) is 0.966. The molecule has 2 aromatic heterocycles. The minimum absolute atomic E-state index is 0.0188. The van der Waals surface area contributed by atoms with E-state index in [1.165, 1.54) is 5.56 Å². The predicted octanol–water partition coefficient (Wildman–Crippen LogP) is 2.61. The van der Waals surface area contributed by atoms with E-state index in [0.29, 0.717) is 30.0 Å². The second kappa shape index (κ2) is 8.77. The van der Waals surface area contributed by atoms with Gasteiger partial charge in [0.1, 0.15) is 11.6 Å². The summed E-state index contributed by atoms with van der Waals surface area (Å²) >= 11 is 0. The number of aromatic nitrogens is 3. The van der Waals surface area contributed by atoms with Crippen molar-refractivity contribution in [2.24, 2.45) is 5.73 Å². The molecular weight excluding hydrogens is 408 g/mol. The molecule has 0 aliphatic carbocycles. The number of amides is 1. The van der Waals surface area contributed by atoms with Gasteiger partial charge in [-0.3, -0.25) is 4.79 Å². The Kier molecular flexibility index (Phi) is 5.88. The highest BCUT2D eigenvalue weighted by Crippen LogP contribution is 2.31. The van der Waals surface area contributed by atoms with Crippen LogP contribution in [0.2, 0.25) is 0 Å². The molecule has 0 radical (unpaired) electrons. The Morgan fingerprint density at radius 2 is 2.22 bits per heavy atom.